The van der Waals surface area contributed by atoms with Crippen molar-refractivity contribution in [3.8, 4) is 11.3 Å². The SMILES string of the molecule is Cn1cnc2cc(C(=O)NCc3cc(-c4ccccc4Cl)on3)cnc21. The van der Waals surface area contributed by atoms with Gasteiger partial charge in [-0.05, 0) is 18.2 Å². The van der Waals surface area contributed by atoms with E-state index in [2.05, 4.69) is 20.4 Å². The lowest BCUT2D eigenvalue weighted by atomic mass is 10.1. The first-order valence-corrected chi connectivity index (χ1v) is 8.25. The average Bonchev–Trinajstić information content (AvgIpc) is 3.27. The first kappa shape index (κ1) is 16.3. The fourth-order valence-electron chi connectivity index (χ4n) is 2.60. The maximum absolute atomic E-state index is 12.3. The number of carbonyl (C=O) groups is 1. The van der Waals surface area contributed by atoms with Crippen LogP contribution in [0.1, 0.15) is 16.1 Å². The Morgan fingerprint density at radius 2 is 2.12 bits per heavy atom. The molecule has 0 aliphatic rings. The van der Waals surface area contributed by atoms with Crippen molar-refractivity contribution < 1.29 is 9.32 Å². The molecule has 0 atom stereocenters. The summed E-state index contributed by atoms with van der Waals surface area (Å²) in [6.45, 7) is 0.229. The number of fused-ring (bicyclic) bond motifs is 1. The van der Waals surface area contributed by atoms with Gasteiger partial charge in [-0.3, -0.25) is 4.79 Å². The predicted molar refractivity (Wildman–Crippen MR) is 96.6 cm³/mol. The molecule has 4 aromatic rings. The van der Waals surface area contributed by atoms with Crippen LogP contribution in [-0.2, 0) is 13.6 Å². The second-order valence-electron chi connectivity index (χ2n) is 5.77. The maximum Gasteiger partial charge on any atom is 0.253 e. The number of aromatic nitrogens is 4. The summed E-state index contributed by atoms with van der Waals surface area (Å²) in [5, 5.41) is 7.35. The molecule has 3 heterocycles. The Morgan fingerprint density at radius 1 is 1.27 bits per heavy atom. The fourth-order valence-corrected chi connectivity index (χ4v) is 2.83. The van der Waals surface area contributed by atoms with Crippen LogP contribution in [0, 0.1) is 0 Å². The summed E-state index contributed by atoms with van der Waals surface area (Å²) in [4.78, 5) is 20.8. The van der Waals surface area contributed by atoms with Gasteiger partial charge in [0.1, 0.15) is 11.2 Å². The highest BCUT2D eigenvalue weighted by atomic mass is 35.5. The van der Waals surface area contributed by atoms with Crippen LogP contribution in [0.3, 0.4) is 0 Å². The van der Waals surface area contributed by atoms with E-state index in [1.165, 1.54) is 6.20 Å². The Labute approximate surface area is 153 Å². The third-order valence-corrected chi connectivity index (χ3v) is 4.27. The van der Waals surface area contributed by atoms with Crippen LogP contribution in [0.2, 0.25) is 5.02 Å². The van der Waals surface area contributed by atoms with E-state index >= 15 is 0 Å². The Hall–Kier alpha value is -3.19. The quantitative estimate of drug-likeness (QED) is 0.598. The molecule has 3 aromatic heterocycles. The minimum atomic E-state index is -0.257. The largest absolute Gasteiger partial charge is 0.356 e. The first-order valence-electron chi connectivity index (χ1n) is 7.87. The second-order valence-corrected chi connectivity index (χ2v) is 6.17. The van der Waals surface area contributed by atoms with Gasteiger partial charge in [-0.25, -0.2) is 9.97 Å². The zero-order valence-electron chi connectivity index (χ0n) is 13.8. The van der Waals surface area contributed by atoms with E-state index < -0.39 is 0 Å². The van der Waals surface area contributed by atoms with Gasteiger partial charge in [-0.1, -0.05) is 28.9 Å². The number of imidazole rings is 1. The van der Waals surface area contributed by atoms with Crippen molar-refractivity contribution >= 4 is 28.7 Å². The van der Waals surface area contributed by atoms with E-state index in [-0.39, 0.29) is 12.5 Å². The third-order valence-electron chi connectivity index (χ3n) is 3.94. The van der Waals surface area contributed by atoms with Crippen LogP contribution in [0.25, 0.3) is 22.5 Å². The van der Waals surface area contributed by atoms with Gasteiger partial charge in [-0.15, -0.1) is 0 Å². The van der Waals surface area contributed by atoms with Crippen molar-refractivity contribution in [1.82, 2.24) is 25.0 Å². The lowest BCUT2D eigenvalue weighted by molar-refractivity contribution is 0.0950. The van der Waals surface area contributed by atoms with Gasteiger partial charge in [0, 0.05) is 24.9 Å². The normalized spacial score (nSPS) is 11.0. The Kier molecular flexibility index (Phi) is 4.14. The predicted octanol–water partition coefficient (Wildman–Crippen LogP) is 3.21. The van der Waals surface area contributed by atoms with Crippen LogP contribution >= 0.6 is 11.6 Å². The second kappa shape index (κ2) is 6.61. The average molecular weight is 368 g/mol. The molecule has 1 N–H and O–H groups in total. The zero-order valence-corrected chi connectivity index (χ0v) is 14.6. The molecule has 0 saturated carbocycles. The molecule has 8 heteroatoms. The van der Waals surface area contributed by atoms with Crippen molar-refractivity contribution in [2.75, 3.05) is 0 Å². The van der Waals surface area contributed by atoms with Crippen LogP contribution < -0.4 is 5.32 Å². The summed E-state index contributed by atoms with van der Waals surface area (Å²) >= 11 is 6.15. The van der Waals surface area contributed by atoms with E-state index in [0.717, 1.165) is 11.2 Å². The number of aryl methyl sites for hydroxylation is 1. The van der Waals surface area contributed by atoms with Gasteiger partial charge in [-0.2, -0.15) is 0 Å². The summed E-state index contributed by atoms with van der Waals surface area (Å²) in [6, 6.07) is 10.8. The summed E-state index contributed by atoms with van der Waals surface area (Å²) < 4.78 is 7.11. The Bertz CT molecular complexity index is 1100. The molecule has 0 bridgehead atoms. The lowest BCUT2D eigenvalue weighted by Gasteiger charge is -2.02. The molecule has 0 fully saturated rings. The Balaban J connectivity index is 1.46. The molecule has 1 amide bonds. The van der Waals surface area contributed by atoms with Gasteiger partial charge >= 0.3 is 0 Å². The number of amides is 1. The van der Waals surface area contributed by atoms with Crippen molar-refractivity contribution in [3.05, 3.63) is 65.2 Å². The number of carbonyl (C=O) groups excluding carboxylic acids is 1. The van der Waals surface area contributed by atoms with E-state index in [4.69, 9.17) is 16.1 Å². The number of benzene rings is 1. The smallest absolute Gasteiger partial charge is 0.253 e. The number of pyridine rings is 1. The van der Waals surface area contributed by atoms with Gasteiger partial charge < -0.3 is 14.4 Å². The third kappa shape index (κ3) is 3.04. The molecule has 1 aromatic carbocycles. The number of rotatable bonds is 4. The monoisotopic (exact) mass is 367 g/mol. The zero-order chi connectivity index (χ0) is 18.1. The van der Waals surface area contributed by atoms with Crippen molar-refractivity contribution in [2.45, 2.75) is 6.54 Å². The van der Waals surface area contributed by atoms with Crippen LogP contribution in [0.4, 0.5) is 0 Å². The van der Waals surface area contributed by atoms with Crippen molar-refractivity contribution in [1.29, 1.82) is 0 Å². The van der Waals surface area contributed by atoms with Crippen molar-refractivity contribution in [2.24, 2.45) is 7.05 Å². The molecule has 7 nitrogen and oxygen atoms in total. The molecule has 4 rings (SSSR count). The molecule has 0 unspecified atom stereocenters. The summed E-state index contributed by atoms with van der Waals surface area (Å²) in [6.07, 6.45) is 3.18. The van der Waals surface area contributed by atoms with E-state index in [9.17, 15) is 4.79 Å². The van der Waals surface area contributed by atoms with Gasteiger partial charge in [0.15, 0.2) is 11.4 Å². The topological polar surface area (TPSA) is 85.8 Å². The van der Waals surface area contributed by atoms with Crippen molar-refractivity contribution in [3.63, 3.8) is 0 Å². The molecule has 0 saturated heterocycles. The Morgan fingerprint density at radius 3 is 2.96 bits per heavy atom. The molecule has 0 spiro atoms. The van der Waals surface area contributed by atoms with Gasteiger partial charge in [0.25, 0.3) is 5.91 Å². The summed E-state index contributed by atoms with van der Waals surface area (Å²) in [7, 11) is 1.85. The minimum absolute atomic E-state index is 0.229. The molecule has 0 aliphatic heterocycles. The molecule has 26 heavy (non-hydrogen) atoms. The number of hydrogen-bond donors (Lipinski definition) is 1. The van der Waals surface area contributed by atoms with Gasteiger partial charge in [0.2, 0.25) is 0 Å². The van der Waals surface area contributed by atoms with Gasteiger partial charge in [0.05, 0.1) is 23.5 Å². The van der Waals surface area contributed by atoms with Crippen LogP contribution in [0.5, 0.6) is 0 Å². The fraction of sp³-hybridized carbons (Fsp3) is 0.111. The molecule has 0 radical (unpaired) electrons. The van der Waals surface area contributed by atoms with Crippen LogP contribution in [0.15, 0.2) is 53.4 Å². The highest BCUT2D eigenvalue weighted by Crippen LogP contribution is 2.27. The highest BCUT2D eigenvalue weighted by molar-refractivity contribution is 6.33. The van der Waals surface area contributed by atoms with Crippen LogP contribution in [-0.4, -0.2) is 25.6 Å². The summed E-state index contributed by atoms with van der Waals surface area (Å²) in [5.74, 6) is 0.295. The summed E-state index contributed by atoms with van der Waals surface area (Å²) in [5.41, 5.74) is 3.18. The highest BCUT2D eigenvalue weighted by Gasteiger charge is 2.13. The molecule has 130 valence electrons. The standard InChI is InChI=1S/C18H14ClN5O2/c1-24-10-22-15-6-11(8-20-17(15)24)18(25)21-9-12-7-16(26-23-12)13-4-2-3-5-14(13)19/h2-8,10H,9H2,1H3,(H,21,25). The number of halogens is 1. The first-order chi connectivity index (χ1) is 12.6. The number of nitrogens with zero attached hydrogens (tertiary/aromatic N) is 4. The number of hydrogen-bond acceptors (Lipinski definition) is 5. The molecule has 0 aliphatic carbocycles. The van der Waals surface area contributed by atoms with E-state index in [1.807, 2.05) is 25.2 Å². The maximum atomic E-state index is 12.3. The minimum Gasteiger partial charge on any atom is -0.356 e. The van der Waals surface area contributed by atoms with E-state index in [1.54, 1.807) is 29.1 Å². The lowest BCUT2D eigenvalue weighted by Crippen LogP contribution is -2.23. The molecular formula is C18H14ClN5O2. The molecular weight excluding hydrogens is 354 g/mol. The number of nitrogens with one attached hydrogen (secondary N) is 1. The van der Waals surface area contributed by atoms with E-state index in [0.29, 0.717) is 27.6 Å².